The molecule has 0 N–H and O–H groups in total. The van der Waals surface area contributed by atoms with Gasteiger partial charge in [0.05, 0.1) is 21.5 Å². The molecule has 3 aromatic rings. The molecule has 2 unspecified atom stereocenters. The van der Waals surface area contributed by atoms with E-state index in [-0.39, 0.29) is 17.7 Å². The van der Waals surface area contributed by atoms with Crippen LogP contribution < -0.4 is 0 Å². The molecule has 26 heavy (non-hydrogen) atoms. The fourth-order valence-electron chi connectivity index (χ4n) is 3.02. The van der Waals surface area contributed by atoms with Gasteiger partial charge in [0.15, 0.2) is 5.82 Å². The second-order valence-electron chi connectivity index (χ2n) is 6.18. The molecule has 1 aliphatic carbocycles. The van der Waals surface area contributed by atoms with Gasteiger partial charge in [0.25, 0.3) is 0 Å². The molecule has 0 spiro atoms. The lowest BCUT2D eigenvalue weighted by atomic mass is 9.89. The summed E-state index contributed by atoms with van der Waals surface area (Å²) in [6.45, 7) is 2.45. The first-order valence-corrected chi connectivity index (χ1v) is 9.46. The van der Waals surface area contributed by atoms with E-state index in [0.717, 1.165) is 10.6 Å². The summed E-state index contributed by atoms with van der Waals surface area (Å²) in [7, 11) is 0. The van der Waals surface area contributed by atoms with E-state index >= 15 is 0 Å². The summed E-state index contributed by atoms with van der Waals surface area (Å²) in [5.41, 5.74) is 1.55. The van der Waals surface area contributed by atoms with Crippen LogP contribution in [0, 0.1) is 11.8 Å². The van der Waals surface area contributed by atoms with Crippen LogP contribution in [0.5, 0.6) is 0 Å². The third kappa shape index (κ3) is 3.34. The smallest absolute Gasteiger partial charge is 0.180 e. The normalized spacial score (nSPS) is 19.6. The third-order valence-corrected chi connectivity index (χ3v) is 5.68. The van der Waals surface area contributed by atoms with Crippen LogP contribution >= 0.6 is 22.9 Å². The minimum atomic E-state index is -0.251. The van der Waals surface area contributed by atoms with Gasteiger partial charge in [0, 0.05) is 18.3 Å². The molecule has 4 nitrogen and oxygen atoms in total. The van der Waals surface area contributed by atoms with Crippen molar-refractivity contribution in [2.75, 3.05) is 0 Å². The molecule has 0 saturated carbocycles. The number of halogens is 2. The van der Waals surface area contributed by atoms with Crippen LogP contribution in [0.3, 0.4) is 0 Å². The van der Waals surface area contributed by atoms with E-state index in [9.17, 15) is 4.39 Å². The van der Waals surface area contributed by atoms with Crippen molar-refractivity contribution >= 4 is 22.9 Å². The van der Waals surface area contributed by atoms with E-state index in [1.807, 2.05) is 35.9 Å². The standard InChI is InChI=1S/C19H16ClFN4S/c1-12-4-2-5-14(21)13(12)11-25-16(17-6-7-18(20)26-17)10-15(24-25)19-22-8-3-9-23-19/h2-10,12-13H,11H2,1H3. The van der Waals surface area contributed by atoms with Gasteiger partial charge in [-0.05, 0) is 36.3 Å². The van der Waals surface area contributed by atoms with E-state index in [1.165, 1.54) is 17.4 Å². The maximum Gasteiger partial charge on any atom is 0.180 e. The van der Waals surface area contributed by atoms with Crippen LogP contribution in [0.4, 0.5) is 4.39 Å². The summed E-state index contributed by atoms with van der Waals surface area (Å²) in [6, 6.07) is 7.50. The van der Waals surface area contributed by atoms with E-state index in [0.29, 0.717) is 22.4 Å². The predicted molar refractivity (Wildman–Crippen MR) is 103 cm³/mol. The zero-order valence-electron chi connectivity index (χ0n) is 14.0. The maximum atomic E-state index is 14.4. The molecule has 0 aliphatic heterocycles. The van der Waals surface area contributed by atoms with Crippen LogP contribution in [0.15, 0.2) is 60.7 Å². The van der Waals surface area contributed by atoms with Gasteiger partial charge in [0.2, 0.25) is 0 Å². The molecule has 0 aromatic carbocycles. The molecule has 0 fully saturated rings. The van der Waals surface area contributed by atoms with E-state index in [2.05, 4.69) is 15.1 Å². The molecule has 0 amide bonds. The molecule has 1 aliphatic rings. The minimum absolute atomic E-state index is 0.0976. The number of hydrogen-bond acceptors (Lipinski definition) is 4. The summed E-state index contributed by atoms with van der Waals surface area (Å²) in [4.78, 5) is 9.53. The first-order valence-electron chi connectivity index (χ1n) is 8.26. The molecular weight excluding hydrogens is 371 g/mol. The van der Waals surface area contributed by atoms with Gasteiger partial charge in [-0.1, -0.05) is 30.7 Å². The number of rotatable bonds is 4. The second kappa shape index (κ2) is 7.13. The zero-order valence-corrected chi connectivity index (χ0v) is 15.6. The molecule has 0 bridgehead atoms. The highest BCUT2D eigenvalue weighted by Crippen LogP contribution is 2.35. The summed E-state index contributed by atoms with van der Waals surface area (Å²) >= 11 is 7.58. The molecular formula is C19H16ClFN4S. The van der Waals surface area contributed by atoms with Gasteiger partial charge < -0.3 is 0 Å². The Bertz CT molecular complexity index is 977. The topological polar surface area (TPSA) is 43.6 Å². The third-order valence-electron chi connectivity index (χ3n) is 4.43. The summed E-state index contributed by atoms with van der Waals surface area (Å²) in [6.07, 6.45) is 8.67. The van der Waals surface area contributed by atoms with Crippen LogP contribution in [-0.2, 0) is 6.54 Å². The van der Waals surface area contributed by atoms with E-state index < -0.39 is 0 Å². The number of nitrogens with zero attached hydrogens (tertiary/aromatic N) is 4. The molecule has 0 saturated heterocycles. The molecule has 7 heteroatoms. The lowest BCUT2D eigenvalue weighted by molar-refractivity contribution is 0.334. The van der Waals surface area contributed by atoms with Crippen LogP contribution in [0.25, 0.3) is 22.1 Å². The maximum absolute atomic E-state index is 14.4. The van der Waals surface area contributed by atoms with E-state index in [4.69, 9.17) is 11.6 Å². The zero-order chi connectivity index (χ0) is 18.1. The van der Waals surface area contributed by atoms with Crippen molar-refractivity contribution < 1.29 is 4.39 Å². The molecule has 132 valence electrons. The Labute approximate surface area is 159 Å². The molecule has 0 radical (unpaired) electrons. The Balaban J connectivity index is 1.76. The van der Waals surface area contributed by atoms with Crippen LogP contribution in [0.2, 0.25) is 4.34 Å². The minimum Gasteiger partial charge on any atom is -0.263 e. The number of aromatic nitrogens is 4. The van der Waals surface area contributed by atoms with Gasteiger partial charge in [0.1, 0.15) is 11.5 Å². The molecule has 4 rings (SSSR count). The molecule has 2 atom stereocenters. The lowest BCUT2D eigenvalue weighted by Gasteiger charge is -2.23. The number of hydrogen-bond donors (Lipinski definition) is 0. The SMILES string of the molecule is CC1C=CC=C(F)C1Cn1nc(-c2ncccn2)cc1-c1ccc(Cl)s1. The predicted octanol–water partition coefficient (Wildman–Crippen LogP) is 5.40. The average molecular weight is 387 g/mol. The first-order chi connectivity index (χ1) is 12.6. The first kappa shape index (κ1) is 17.1. The van der Waals surface area contributed by atoms with E-state index in [1.54, 1.807) is 24.5 Å². The Kier molecular flexibility index (Phi) is 4.70. The van der Waals surface area contributed by atoms with Crippen molar-refractivity contribution in [2.24, 2.45) is 11.8 Å². The molecule has 3 heterocycles. The largest absolute Gasteiger partial charge is 0.263 e. The summed E-state index contributed by atoms with van der Waals surface area (Å²) < 4.78 is 16.9. The van der Waals surface area contributed by atoms with Crippen molar-refractivity contribution in [1.82, 2.24) is 19.7 Å². The summed E-state index contributed by atoms with van der Waals surface area (Å²) in [5.74, 6) is 0.268. The molecule has 3 aromatic heterocycles. The summed E-state index contributed by atoms with van der Waals surface area (Å²) in [5, 5.41) is 4.67. The van der Waals surface area contributed by atoms with Crippen LogP contribution in [-0.4, -0.2) is 19.7 Å². The van der Waals surface area contributed by atoms with Gasteiger partial charge in [-0.25, -0.2) is 14.4 Å². The van der Waals surface area contributed by atoms with Gasteiger partial charge >= 0.3 is 0 Å². The van der Waals surface area contributed by atoms with Crippen molar-refractivity contribution in [3.05, 3.63) is 65.1 Å². The van der Waals surface area contributed by atoms with Gasteiger partial charge in [-0.15, -0.1) is 11.3 Å². The second-order valence-corrected chi connectivity index (χ2v) is 7.89. The highest BCUT2D eigenvalue weighted by Gasteiger charge is 2.25. The van der Waals surface area contributed by atoms with Crippen LogP contribution in [0.1, 0.15) is 6.92 Å². The number of thiophene rings is 1. The van der Waals surface area contributed by atoms with Crippen molar-refractivity contribution in [2.45, 2.75) is 13.5 Å². The average Bonchev–Trinajstić information content (AvgIpc) is 3.25. The fourth-order valence-corrected chi connectivity index (χ4v) is 4.08. The van der Waals surface area contributed by atoms with Crippen molar-refractivity contribution in [3.8, 4) is 22.1 Å². The monoisotopic (exact) mass is 386 g/mol. The van der Waals surface area contributed by atoms with Crippen molar-refractivity contribution in [1.29, 1.82) is 0 Å². The Morgan fingerprint density at radius 1 is 1.27 bits per heavy atom. The number of allylic oxidation sites excluding steroid dienone is 4. The Morgan fingerprint density at radius 3 is 2.77 bits per heavy atom. The Hall–Kier alpha value is -2.31. The van der Waals surface area contributed by atoms with Gasteiger partial charge in [-0.2, -0.15) is 5.10 Å². The lowest BCUT2D eigenvalue weighted by Crippen LogP contribution is -2.20. The van der Waals surface area contributed by atoms with Gasteiger partial charge in [-0.3, -0.25) is 4.68 Å². The van der Waals surface area contributed by atoms with Crippen molar-refractivity contribution in [3.63, 3.8) is 0 Å². The highest BCUT2D eigenvalue weighted by atomic mass is 35.5. The Morgan fingerprint density at radius 2 is 2.08 bits per heavy atom. The highest BCUT2D eigenvalue weighted by molar-refractivity contribution is 7.19. The quantitative estimate of drug-likeness (QED) is 0.603. The fraction of sp³-hybridized carbons (Fsp3) is 0.211.